The van der Waals surface area contributed by atoms with Crippen molar-refractivity contribution in [1.82, 2.24) is 10.2 Å². The number of amides is 1. The van der Waals surface area contributed by atoms with Crippen molar-refractivity contribution < 1.29 is 4.79 Å². The molecule has 0 saturated carbocycles. The zero-order chi connectivity index (χ0) is 14.7. The summed E-state index contributed by atoms with van der Waals surface area (Å²) in [5.41, 5.74) is 3.21. The molecule has 1 amide bonds. The number of likely N-dealkylation sites (tertiary alicyclic amines) is 1. The van der Waals surface area contributed by atoms with E-state index in [0.717, 1.165) is 25.1 Å². The molecule has 21 heavy (non-hydrogen) atoms. The summed E-state index contributed by atoms with van der Waals surface area (Å²) in [5.74, 6) is 0.0502. The lowest BCUT2D eigenvalue weighted by Crippen LogP contribution is -2.43. The molecule has 1 aromatic rings. The van der Waals surface area contributed by atoms with Crippen LogP contribution in [0.4, 0.5) is 5.69 Å². The Bertz CT molecular complexity index is 509. The summed E-state index contributed by atoms with van der Waals surface area (Å²) in [4.78, 5) is 14.8. The lowest BCUT2D eigenvalue weighted by molar-refractivity contribution is 0.0925. The van der Waals surface area contributed by atoms with Crippen LogP contribution in [0.3, 0.4) is 0 Å². The van der Waals surface area contributed by atoms with Crippen LogP contribution in [0.25, 0.3) is 0 Å². The molecule has 1 saturated heterocycles. The first-order chi connectivity index (χ1) is 10.2. The van der Waals surface area contributed by atoms with Gasteiger partial charge < -0.3 is 15.5 Å². The van der Waals surface area contributed by atoms with Gasteiger partial charge in [0.25, 0.3) is 5.91 Å². The van der Waals surface area contributed by atoms with Crippen LogP contribution in [-0.2, 0) is 6.42 Å². The molecule has 1 aromatic carbocycles. The Balaban J connectivity index is 1.55. The van der Waals surface area contributed by atoms with E-state index in [0.29, 0.717) is 0 Å². The summed E-state index contributed by atoms with van der Waals surface area (Å²) in [5, 5.41) is 6.46. The summed E-state index contributed by atoms with van der Waals surface area (Å²) in [6.07, 6.45) is 4.94. The lowest BCUT2D eigenvalue weighted by Gasteiger charge is -2.29. The Hall–Kier alpha value is -1.55. The van der Waals surface area contributed by atoms with E-state index in [9.17, 15) is 4.79 Å². The molecule has 1 unspecified atom stereocenters. The van der Waals surface area contributed by atoms with Crippen LogP contribution in [0, 0.1) is 0 Å². The molecule has 3 rings (SSSR count). The third-order valence-electron chi connectivity index (χ3n) is 4.44. The second-order valence-corrected chi connectivity index (χ2v) is 6.28. The second-order valence-electron chi connectivity index (χ2n) is 6.28. The first-order valence-electron chi connectivity index (χ1n) is 8.12. The molecule has 0 aromatic heterocycles. The molecule has 2 heterocycles. The SMILES string of the molecule is CC(CN1CCCCC1)NC(=O)c1ccc2c(c1)CCN2. The van der Waals surface area contributed by atoms with Crippen molar-refractivity contribution in [2.24, 2.45) is 0 Å². The maximum absolute atomic E-state index is 12.3. The van der Waals surface area contributed by atoms with Crippen molar-refractivity contribution in [2.45, 2.75) is 38.6 Å². The highest BCUT2D eigenvalue weighted by atomic mass is 16.1. The van der Waals surface area contributed by atoms with Gasteiger partial charge in [0, 0.05) is 30.4 Å². The van der Waals surface area contributed by atoms with Gasteiger partial charge in [-0.2, -0.15) is 0 Å². The van der Waals surface area contributed by atoms with Crippen LogP contribution < -0.4 is 10.6 Å². The lowest BCUT2D eigenvalue weighted by atomic mass is 10.1. The van der Waals surface area contributed by atoms with Crippen LogP contribution in [-0.4, -0.2) is 43.0 Å². The van der Waals surface area contributed by atoms with Crippen molar-refractivity contribution in [1.29, 1.82) is 0 Å². The molecule has 1 fully saturated rings. The molecule has 2 aliphatic heterocycles. The van der Waals surface area contributed by atoms with E-state index in [1.54, 1.807) is 0 Å². The van der Waals surface area contributed by atoms with Gasteiger partial charge in [0.15, 0.2) is 0 Å². The summed E-state index contributed by atoms with van der Waals surface area (Å²) in [6.45, 7) is 6.38. The van der Waals surface area contributed by atoms with E-state index in [1.165, 1.54) is 43.6 Å². The summed E-state index contributed by atoms with van der Waals surface area (Å²) < 4.78 is 0. The molecule has 4 heteroatoms. The molecule has 0 spiro atoms. The first kappa shape index (κ1) is 14.4. The summed E-state index contributed by atoms with van der Waals surface area (Å²) in [6, 6.07) is 6.16. The molecule has 2 aliphatic rings. The number of benzene rings is 1. The van der Waals surface area contributed by atoms with Crippen LogP contribution in [0.15, 0.2) is 18.2 Å². The Morgan fingerprint density at radius 3 is 2.95 bits per heavy atom. The first-order valence-corrected chi connectivity index (χ1v) is 8.12. The van der Waals surface area contributed by atoms with Gasteiger partial charge in [0.2, 0.25) is 0 Å². The maximum Gasteiger partial charge on any atom is 0.251 e. The van der Waals surface area contributed by atoms with E-state index in [-0.39, 0.29) is 11.9 Å². The Kier molecular flexibility index (Phi) is 4.44. The molecule has 0 radical (unpaired) electrons. The molecule has 0 aliphatic carbocycles. The molecule has 114 valence electrons. The number of rotatable bonds is 4. The summed E-state index contributed by atoms with van der Waals surface area (Å²) in [7, 11) is 0. The standard InChI is InChI=1S/C17H25N3O/c1-13(12-20-9-3-2-4-10-20)19-17(21)15-5-6-16-14(11-15)7-8-18-16/h5-6,11,13,18H,2-4,7-10,12H2,1H3,(H,19,21). The highest BCUT2D eigenvalue weighted by Crippen LogP contribution is 2.23. The fraction of sp³-hybridized carbons (Fsp3) is 0.588. The van der Waals surface area contributed by atoms with Gasteiger partial charge in [-0.3, -0.25) is 4.79 Å². The van der Waals surface area contributed by atoms with Crippen molar-refractivity contribution in [3.8, 4) is 0 Å². The minimum absolute atomic E-state index is 0.0502. The second kappa shape index (κ2) is 6.48. The van der Waals surface area contributed by atoms with E-state index < -0.39 is 0 Å². The number of nitrogens with zero attached hydrogens (tertiary/aromatic N) is 1. The van der Waals surface area contributed by atoms with Crippen molar-refractivity contribution in [3.63, 3.8) is 0 Å². The fourth-order valence-corrected chi connectivity index (χ4v) is 3.33. The van der Waals surface area contributed by atoms with Gasteiger partial charge in [-0.1, -0.05) is 6.42 Å². The number of carbonyl (C=O) groups excluding carboxylic acids is 1. The molecular weight excluding hydrogens is 262 g/mol. The number of hydrogen-bond acceptors (Lipinski definition) is 3. The van der Waals surface area contributed by atoms with Gasteiger partial charge in [-0.05, 0) is 63.0 Å². The molecular formula is C17H25N3O. The van der Waals surface area contributed by atoms with Gasteiger partial charge in [0.1, 0.15) is 0 Å². The largest absolute Gasteiger partial charge is 0.384 e. The van der Waals surface area contributed by atoms with E-state index >= 15 is 0 Å². The third-order valence-corrected chi connectivity index (χ3v) is 4.44. The third kappa shape index (κ3) is 3.56. The minimum Gasteiger partial charge on any atom is -0.384 e. The number of anilines is 1. The monoisotopic (exact) mass is 287 g/mol. The number of nitrogens with one attached hydrogen (secondary N) is 2. The van der Waals surface area contributed by atoms with E-state index in [1.807, 2.05) is 18.2 Å². The number of piperidine rings is 1. The van der Waals surface area contributed by atoms with Gasteiger partial charge in [-0.15, -0.1) is 0 Å². The van der Waals surface area contributed by atoms with Crippen molar-refractivity contribution in [3.05, 3.63) is 29.3 Å². The Morgan fingerprint density at radius 2 is 2.14 bits per heavy atom. The summed E-state index contributed by atoms with van der Waals surface area (Å²) >= 11 is 0. The molecule has 2 N–H and O–H groups in total. The average Bonchev–Trinajstić information content (AvgIpc) is 2.95. The number of carbonyl (C=O) groups is 1. The van der Waals surface area contributed by atoms with Crippen LogP contribution >= 0.6 is 0 Å². The minimum atomic E-state index is 0.0502. The zero-order valence-corrected chi connectivity index (χ0v) is 12.8. The topological polar surface area (TPSA) is 44.4 Å². The maximum atomic E-state index is 12.3. The van der Waals surface area contributed by atoms with E-state index in [4.69, 9.17) is 0 Å². The molecule has 1 atom stereocenters. The number of fused-ring (bicyclic) bond motifs is 1. The number of hydrogen-bond donors (Lipinski definition) is 2. The van der Waals surface area contributed by atoms with Gasteiger partial charge in [0.05, 0.1) is 0 Å². The van der Waals surface area contributed by atoms with E-state index in [2.05, 4.69) is 22.5 Å². The molecule has 4 nitrogen and oxygen atoms in total. The Labute approximate surface area is 126 Å². The smallest absolute Gasteiger partial charge is 0.251 e. The zero-order valence-electron chi connectivity index (χ0n) is 12.8. The van der Waals surface area contributed by atoms with Crippen molar-refractivity contribution in [2.75, 3.05) is 31.5 Å². The van der Waals surface area contributed by atoms with Gasteiger partial charge >= 0.3 is 0 Å². The highest BCUT2D eigenvalue weighted by Gasteiger charge is 2.17. The fourth-order valence-electron chi connectivity index (χ4n) is 3.33. The van der Waals surface area contributed by atoms with Gasteiger partial charge in [-0.25, -0.2) is 0 Å². The predicted octanol–water partition coefficient (Wildman–Crippen LogP) is 2.26. The van der Waals surface area contributed by atoms with Crippen LogP contribution in [0.5, 0.6) is 0 Å². The highest BCUT2D eigenvalue weighted by molar-refractivity contribution is 5.95. The quantitative estimate of drug-likeness (QED) is 0.893. The van der Waals surface area contributed by atoms with Crippen LogP contribution in [0.2, 0.25) is 0 Å². The Morgan fingerprint density at radius 1 is 1.33 bits per heavy atom. The van der Waals surface area contributed by atoms with Crippen molar-refractivity contribution >= 4 is 11.6 Å². The molecule has 0 bridgehead atoms. The predicted molar refractivity (Wildman–Crippen MR) is 85.9 cm³/mol. The van der Waals surface area contributed by atoms with Crippen LogP contribution in [0.1, 0.15) is 42.1 Å². The average molecular weight is 287 g/mol. The normalized spacial score (nSPS) is 19.7.